The summed E-state index contributed by atoms with van der Waals surface area (Å²) >= 11 is 0. The van der Waals surface area contributed by atoms with E-state index >= 15 is 0 Å². The zero-order valence-electron chi connectivity index (χ0n) is 42.1. The molecular formula is C55H68N2O12SSi. The summed E-state index contributed by atoms with van der Waals surface area (Å²) in [4.78, 5) is 28.0. The van der Waals surface area contributed by atoms with Crippen molar-refractivity contribution in [2.24, 2.45) is 0 Å². The molecule has 5 aromatic carbocycles. The summed E-state index contributed by atoms with van der Waals surface area (Å²) in [5.41, 5.74) is -0.753. The summed E-state index contributed by atoms with van der Waals surface area (Å²) in [5.74, 6) is 1.23. The van der Waals surface area contributed by atoms with Gasteiger partial charge in [-0.3, -0.25) is 13.5 Å². The van der Waals surface area contributed by atoms with E-state index in [0.29, 0.717) is 22.6 Å². The fraction of sp³-hybridized carbons (Fsp3) is 0.382. The summed E-state index contributed by atoms with van der Waals surface area (Å²) in [7, 11) is -4.07. The fourth-order valence-electron chi connectivity index (χ4n) is 9.39. The molecule has 0 spiro atoms. The van der Waals surface area contributed by atoms with Gasteiger partial charge in [-0.05, 0) is 82.2 Å². The molecule has 1 unspecified atom stereocenters. The minimum absolute atomic E-state index is 0.0977. The molecule has 16 heteroatoms. The normalized spacial score (nSPS) is 13.6. The van der Waals surface area contributed by atoms with E-state index in [4.69, 9.17) is 32.3 Å². The van der Waals surface area contributed by atoms with Gasteiger partial charge in [0, 0.05) is 12.3 Å². The highest BCUT2D eigenvalue weighted by molar-refractivity contribution is 7.86. The van der Waals surface area contributed by atoms with Crippen LogP contribution >= 0.6 is 0 Å². The summed E-state index contributed by atoms with van der Waals surface area (Å²) in [5, 5.41) is 12.0. The molecule has 0 aliphatic heterocycles. The van der Waals surface area contributed by atoms with E-state index < -0.39 is 73.7 Å². The lowest BCUT2D eigenvalue weighted by molar-refractivity contribution is -0.210. The lowest BCUT2D eigenvalue weighted by atomic mass is 9.79. The van der Waals surface area contributed by atoms with Gasteiger partial charge in [0.15, 0.2) is 14.5 Å². The molecule has 0 fully saturated rings. The molecule has 0 saturated heterocycles. The van der Waals surface area contributed by atoms with Crippen LogP contribution in [-0.2, 0) is 51.9 Å². The van der Waals surface area contributed by atoms with Gasteiger partial charge in [0.25, 0.3) is 15.7 Å². The van der Waals surface area contributed by atoms with Gasteiger partial charge >= 0.3 is 5.69 Å². The third-order valence-electron chi connectivity index (χ3n) is 13.1. The number of ether oxygens (including phenoxy) is 5. The molecule has 2 atom stereocenters. The number of benzene rings is 5. The van der Waals surface area contributed by atoms with Gasteiger partial charge in [0.2, 0.25) is 0 Å². The van der Waals surface area contributed by atoms with Crippen LogP contribution in [0.15, 0.2) is 160 Å². The SMILES string of the molecule is COc1ccc(C(OC[C@@](CO)(CO[Si](C(C)C)(C(C)C)C(C)C)OC(COS(=O)(=O)c2ccc(C)cc2)n2ccc(=O)n(COCc3ccccc3)c2=O)(c2ccccc2)c2ccc(OC)cc2)cc1. The van der Waals surface area contributed by atoms with Crippen LogP contribution in [-0.4, -0.2) is 77.2 Å². The third-order valence-corrected chi connectivity index (χ3v) is 20.5. The van der Waals surface area contributed by atoms with E-state index in [1.807, 2.05) is 116 Å². The molecule has 0 aliphatic rings. The van der Waals surface area contributed by atoms with E-state index in [0.717, 1.165) is 31.9 Å². The van der Waals surface area contributed by atoms with Crippen molar-refractivity contribution in [3.8, 4) is 11.5 Å². The zero-order chi connectivity index (χ0) is 51.4. The number of nitrogens with zero attached hydrogens (tertiary/aromatic N) is 2. The van der Waals surface area contributed by atoms with Crippen molar-refractivity contribution in [2.45, 2.75) is 101 Å². The Morgan fingerprint density at radius 1 is 0.662 bits per heavy atom. The molecule has 0 saturated carbocycles. The minimum Gasteiger partial charge on any atom is -0.497 e. The topological polar surface area (TPSA) is 163 Å². The molecular weight excluding hydrogens is 941 g/mol. The largest absolute Gasteiger partial charge is 0.497 e. The molecule has 1 aromatic heterocycles. The van der Waals surface area contributed by atoms with Crippen LogP contribution in [0.2, 0.25) is 16.6 Å². The maximum Gasteiger partial charge on any atom is 0.335 e. The van der Waals surface area contributed by atoms with Gasteiger partial charge in [-0.2, -0.15) is 8.42 Å². The number of aromatic nitrogens is 2. The highest BCUT2D eigenvalue weighted by Crippen LogP contribution is 2.45. The molecule has 0 radical (unpaired) electrons. The molecule has 380 valence electrons. The molecule has 1 heterocycles. The van der Waals surface area contributed by atoms with Crippen molar-refractivity contribution in [1.29, 1.82) is 0 Å². The zero-order valence-corrected chi connectivity index (χ0v) is 44.0. The number of aliphatic hydroxyl groups excluding tert-OH is 1. The second-order valence-electron chi connectivity index (χ2n) is 18.6. The van der Waals surface area contributed by atoms with Gasteiger partial charge in [-0.15, -0.1) is 0 Å². The number of aryl methyl sites for hydroxylation is 1. The summed E-state index contributed by atoms with van der Waals surface area (Å²) < 4.78 is 74.4. The molecule has 0 aliphatic carbocycles. The van der Waals surface area contributed by atoms with Crippen molar-refractivity contribution in [3.63, 3.8) is 0 Å². The molecule has 0 bridgehead atoms. The molecule has 6 rings (SSSR count). The predicted octanol–water partition coefficient (Wildman–Crippen LogP) is 9.36. The quantitative estimate of drug-likeness (QED) is 0.0312. The monoisotopic (exact) mass is 1010 g/mol. The predicted molar refractivity (Wildman–Crippen MR) is 276 cm³/mol. The Morgan fingerprint density at radius 2 is 1.18 bits per heavy atom. The van der Waals surface area contributed by atoms with Gasteiger partial charge in [0.1, 0.15) is 36.0 Å². The molecule has 1 N–H and O–H groups in total. The van der Waals surface area contributed by atoms with E-state index in [2.05, 4.69) is 41.5 Å². The maximum absolute atomic E-state index is 14.7. The van der Waals surface area contributed by atoms with E-state index in [-0.39, 0.29) is 34.7 Å². The Bertz CT molecular complexity index is 2770. The Morgan fingerprint density at radius 3 is 1.69 bits per heavy atom. The maximum atomic E-state index is 14.7. The Labute approximate surface area is 418 Å². The van der Waals surface area contributed by atoms with Gasteiger partial charge in [0.05, 0.1) is 45.5 Å². The standard InChI is InChI=1S/C55H68N2O12SSi/c1-40(2)71(41(3)4,42(5)6)68-38-54(36-58,37-66-55(45-18-14-11-15-19-45,46-22-26-48(63-8)27-23-46)47-24-28-49(64-9)29-25-47)69-52(35-67-70(61,62)50-30-20-43(7)21-31-50)56-33-32-51(59)57(53(56)60)39-65-34-44-16-12-10-13-17-44/h10-33,40-42,52,58H,34-39H2,1-9H3/t52?,54-/m0/s1. The first kappa shape index (κ1) is 54.6. The van der Waals surface area contributed by atoms with E-state index in [1.165, 1.54) is 18.3 Å². The first-order valence-corrected chi connectivity index (χ1v) is 27.3. The fourth-order valence-corrected chi connectivity index (χ4v) is 15.8. The number of hydrogen-bond donors (Lipinski definition) is 1. The molecule has 0 amide bonds. The van der Waals surface area contributed by atoms with Crippen LogP contribution in [0.4, 0.5) is 0 Å². The first-order chi connectivity index (χ1) is 33.9. The van der Waals surface area contributed by atoms with Crippen molar-refractivity contribution >= 4 is 18.4 Å². The van der Waals surface area contributed by atoms with Crippen LogP contribution in [0.5, 0.6) is 11.5 Å². The molecule has 14 nitrogen and oxygen atoms in total. The molecule has 71 heavy (non-hydrogen) atoms. The summed E-state index contributed by atoms with van der Waals surface area (Å²) in [6.07, 6.45) is -0.406. The number of methoxy groups -OCH3 is 2. The smallest absolute Gasteiger partial charge is 0.335 e. The minimum atomic E-state index is -4.47. The van der Waals surface area contributed by atoms with Crippen molar-refractivity contribution < 1.29 is 45.8 Å². The Kier molecular flexibility index (Phi) is 18.6. The van der Waals surface area contributed by atoms with Crippen LogP contribution in [0.25, 0.3) is 0 Å². The van der Waals surface area contributed by atoms with Crippen LogP contribution in [0.3, 0.4) is 0 Å². The first-order valence-electron chi connectivity index (χ1n) is 23.8. The number of hydrogen-bond acceptors (Lipinski definition) is 12. The summed E-state index contributed by atoms with van der Waals surface area (Å²) in [6, 6.07) is 41.1. The average molecular weight is 1010 g/mol. The van der Waals surface area contributed by atoms with Crippen molar-refractivity contribution in [1.82, 2.24) is 9.13 Å². The van der Waals surface area contributed by atoms with Gasteiger partial charge in [-0.25, -0.2) is 9.36 Å². The molecule has 6 aromatic rings. The van der Waals surface area contributed by atoms with E-state index in [1.54, 1.807) is 26.4 Å². The lowest BCUT2D eigenvalue weighted by Gasteiger charge is -2.46. The third kappa shape index (κ3) is 12.5. The van der Waals surface area contributed by atoms with Crippen LogP contribution in [0, 0.1) is 6.92 Å². The number of aliphatic hydroxyl groups is 1. The van der Waals surface area contributed by atoms with Gasteiger partial charge < -0.3 is 33.2 Å². The van der Waals surface area contributed by atoms with Crippen LogP contribution in [0.1, 0.15) is 75.6 Å². The second kappa shape index (κ2) is 24.1. The number of rotatable bonds is 26. The summed E-state index contributed by atoms with van der Waals surface area (Å²) in [6.45, 7) is 12.1. The lowest BCUT2D eigenvalue weighted by Crippen LogP contribution is -2.56. The van der Waals surface area contributed by atoms with E-state index in [9.17, 15) is 23.1 Å². The Hall–Kier alpha value is -5.69. The van der Waals surface area contributed by atoms with Gasteiger partial charge in [-0.1, -0.05) is 144 Å². The Balaban J connectivity index is 1.54. The van der Waals surface area contributed by atoms with Crippen LogP contribution < -0.4 is 20.7 Å². The average Bonchev–Trinajstić information content (AvgIpc) is 3.37. The second-order valence-corrected chi connectivity index (χ2v) is 25.7. The van der Waals surface area contributed by atoms with Crippen molar-refractivity contribution in [2.75, 3.05) is 40.6 Å². The van der Waals surface area contributed by atoms with Crippen molar-refractivity contribution in [3.05, 3.63) is 194 Å². The highest BCUT2D eigenvalue weighted by atomic mass is 32.2. The highest BCUT2D eigenvalue weighted by Gasteiger charge is 2.49.